The van der Waals surface area contributed by atoms with Crippen molar-refractivity contribution >= 4 is 0 Å². The largest absolute Gasteiger partial charge is 0.204 e. The van der Waals surface area contributed by atoms with Crippen molar-refractivity contribution in [2.24, 2.45) is 0 Å². The van der Waals surface area contributed by atoms with Crippen molar-refractivity contribution in [1.82, 2.24) is 0 Å². The molecule has 0 fully saturated rings. The van der Waals surface area contributed by atoms with Gasteiger partial charge in [-0.3, -0.25) is 0 Å². The molecular formula is C20H16F2. The Morgan fingerprint density at radius 3 is 1.95 bits per heavy atom. The van der Waals surface area contributed by atoms with Crippen LogP contribution in [-0.2, 0) is 0 Å². The zero-order valence-electron chi connectivity index (χ0n) is 12.5. The van der Waals surface area contributed by atoms with Gasteiger partial charge in [-0.2, -0.15) is 0 Å². The summed E-state index contributed by atoms with van der Waals surface area (Å²) in [5, 5.41) is 0. The van der Waals surface area contributed by atoms with Gasteiger partial charge in [0.15, 0.2) is 11.6 Å². The molecular weight excluding hydrogens is 278 g/mol. The van der Waals surface area contributed by atoms with E-state index in [9.17, 15) is 8.78 Å². The summed E-state index contributed by atoms with van der Waals surface area (Å²) < 4.78 is 28.0. The summed E-state index contributed by atoms with van der Waals surface area (Å²) in [5.74, 6) is -1.61. The number of halogens is 2. The van der Waals surface area contributed by atoms with E-state index < -0.39 is 11.6 Å². The Kier molecular flexibility index (Phi) is 3.76. The molecule has 0 aliphatic rings. The molecule has 0 aliphatic heterocycles. The molecule has 0 saturated carbocycles. The molecule has 3 aromatic rings. The maximum Gasteiger partial charge on any atom is 0.166 e. The number of hydrogen-bond donors (Lipinski definition) is 0. The second kappa shape index (κ2) is 5.72. The van der Waals surface area contributed by atoms with Gasteiger partial charge in [-0.25, -0.2) is 8.78 Å². The van der Waals surface area contributed by atoms with Gasteiger partial charge in [0.2, 0.25) is 0 Å². The molecule has 0 radical (unpaired) electrons. The lowest BCUT2D eigenvalue weighted by molar-refractivity contribution is 0.510. The third-order valence-corrected chi connectivity index (χ3v) is 3.75. The molecule has 0 aliphatic carbocycles. The van der Waals surface area contributed by atoms with Gasteiger partial charge in [-0.05, 0) is 48.2 Å². The van der Waals surface area contributed by atoms with Crippen molar-refractivity contribution in [3.05, 3.63) is 83.4 Å². The normalized spacial score (nSPS) is 10.7. The molecule has 0 saturated heterocycles. The molecule has 2 heteroatoms. The monoisotopic (exact) mass is 294 g/mol. The van der Waals surface area contributed by atoms with E-state index in [1.807, 2.05) is 55.5 Å². The van der Waals surface area contributed by atoms with Crippen LogP contribution in [0.15, 0.2) is 60.7 Å². The molecule has 0 nitrogen and oxygen atoms in total. The van der Waals surface area contributed by atoms with E-state index in [1.165, 1.54) is 6.07 Å². The second-order valence-electron chi connectivity index (χ2n) is 5.52. The zero-order chi connectivity index (χ0) is 15.7. The van der Waals surface area contributed by atoms with Gasteiger partial charge in [-0.15, -0.1) is 0 Å². The van der Waals surface area contributed by atoms with Crippen molar-refractivity contribution in [3.63, 3.8) is 0 Å². The predicted molar refractivity (Wildman–Crippen MR) is 86.7 cm³/mol. The first-order valence-electron chi connectivity index (χ1n) is 7.18. The SMILES string of the molecule is Cc1ccc(-c2ccccc2-c2cc(C)cc(F)c2F)cc1. The quantitative estimate of drug-likeness (QED) is 0.550. The zero-order valence-corrected chi connectivity index (χ0v) is 12.5. The van der Waals surface area contributed by atoms with Crippen LogP contribution in [0.2, 0.25) is 0 Å². The van der Waals surface area contributed by atoms with Crippen molar-refractivity contribution in [1.29, 1.82) is 0 Å². The minimum absolute atomic E-state index is 0.300. The first-order chi connectivity index (χ1) is 10.6. The molecule has 0 spiro atoms. The standard InChI is InChI=1S/C20H16F2/c1-13-7-9-15(10-8-13)16-5-3-4-6-17(16)18-11-14(2)12-19(21)20(18)22/h3-12H,1-2H3. The first-order valence-corrected chi connectivity index (χ1v) is 7.18. The summed E-state index contributed by atoms with van der Waals surface area (Å²) in [6.07, 6.45) is 0. The van der Waals surface area contributed by atoms with E-state index in [1.54, 1.807) is 13.0 Å². The van der Waals surface area contributed by atoms with Crippen molar-refractivity contribution < 1.29 is 8.78 Å². The molecule has 3 aromatic carbocycles. The van der Waals surface area contributed by atoms with E-state index in [4.69, 9.17) is 0 Å². The fraction of sp³-hybridized carbons (Fsp3) is 0.100. The van der Waals surface area contributed by atoms with Crippen LogP contribution in [0.4, 0.5) is 8.78 Å². The third kappa shape index (κ3) is 2.64. The third-order valence-electron chi connectivity index (χ3n) is 3.75. The highest BCUT2D eigenvalue weighted by Gasteiger charge is 2.15. The van der Waals surface area contributed by atoms with Crippen LogP contribution in [-0.4, -0.2) is 0 Å². The molecule has 0 aromatic heterocycles. The highest BCUT2D eigenvalue weighted by Crippen LogP contribution is 2.34. The highest BCUT2D eigenvalue weighted by molar-refractivity contribution is 5.84. The summed E-state index contributed by atoms with van der Waals surface area (Å²) in [4.78, 5) is 0. The van der Waals surface area contributed by atoms with Crippen LogP contribution in [0.1, 0.15) is 11.1 Å². The topological polar surface area (TPSA) is 0 Å². The van der Waals surface area contributed by atoms with E-state index in [-0.39, 0.29) is 0 Å². The Balaban J connectivity index is 2.23. The van der Waals surface area contributed by atoms with E-state index in [0.717, 1.165) is 16.7 Å². The van der Waals surface area contributed by atoms with Gasteiger partial charge >= 0.3 is 0 Å². The van der Waals surface area contributed by atoms with Crippen molar-refractivity contribution in [2.45, 2.75) is 13.8 Å². The summed E-state index contributed by atoms with van der Waals surface area (Å²) >= 11 is 0. The van der Waals surface area contributed by atoms with Crippen LogP contribution in [0.5, 0.6) is 0 Å². The molecule has 0 N–H and O–H groups in total. The fourth-order valence-electron chi connectivity index (χ4n) is 2.62. The van der Waals surface area contributed by atoms with Crippen LogP contribution in [0, 0.1) is 25.5 Å². The van der Waals surface area contributed by atoms with E-state index in [2.05, 4.69) is 0 Å². The molecule has 0 amide bonds. The van der Waals surface area contributed by atoms with Gasteiger partial charge in [0.25, 0.3) is 0 Å². The number of hydrogen-bond acceptors (Lipinski definition) is 0. The molecule has 0 atom stereocenters. The van der Waals surface area contributed by atoms with Crippen molar-refractivity contribution in [3.8, 4) is 22.3 Å². The molecule has 0 heterocycles. The van der Waals surface area contributed by atoms with E-state index in [0.29, 0.717) is 16.7 Å². The highest BCUT2D eigenvalue weighted by atomic mass is 19.2. The lowest BCUT2D eigenvalue weighted by Gasteiger charge is -2.12. The first kappa shape index (κ1) is 14.5. The van der Waals surface area contributed by atoms with Gasteiger partial charge in [0, 0.05) is 5.56 Å². The smallest absolute Gasteiger partial charge is 0.166 e. The summed E-state index contributed by atoms with van der Waals surface area (Å²) in [7, 11) is 0. The molecule has 0 bridgehead atoms. The lowest BCUT2D eigenvalue weighted by atomic mass is 9.93. The number of aryl methyl sites for hydroxylation is 2. The average molecular weight is 294 g/mol. The van der Waals surface area contributed by atoms with Gasteiger partial charge < -0.3 is 0 Å². The minimum atomic E-state index is -0.811. The molecule has 110 valence electrons. The van der Waals surface area contributed by atoms with Crippen LogP contribution >= 0.6 is 0 Å². The van der Waals surface area contributed by atoms with Gasteiger partial charge in [-0.1, -0.05) is 54.1 Å². The Morgan fingerprint density at radius 2 is 1.27 bits per heavy atom. The van der Waals surface area contributed by atoms with Crippen LogP contribution in [0.3, 0.4) is 0 Å². The fourth-order valence-corrected chi connectivity index (χ4v) is 2.62. The van der Waals surface area contributed by atoms with Crippen LogP contribution < -0.4 is 0 Å². The maximum atomic E-state index is 14.3. The predicted octanol–water partition coefficient (Wildman–Crippen LogP) is 5.92. The Hall–Kier alpha value is -2.48. The van der Waals surface area contributed by atoms with Crippen molar-refractivity contribution in [2.75, 3.05) is 0 Å². The number of rotatable bonds is 2. The Labute approximate surface area is 129 Å². The minimum Gasteiger partial charge on any atom is -0.204 e. The average Bonchev–Trinajstić information content (AvgIpc) is 2.52. The summed E-state index contributed by atoms with van der Waals surface area (Å²) in [6, 6.07) is 18.4. The van der Waals surface area contributed by atoms with Gasteiger partial charge in [0.1, 0.15) is 0 Å². The molecule has 22 heavy (non-hydrogen) atoms. The Morgan fingerprint density at radius 1 is 0.636 bits per heavy atom. The summed E-state index contributed by atoms with van der Waals surface area (Å²) in [5.41, 5.74) is 4.75. The number of benzene rings is 3. The van der Waals surface area contributed by atoms with Crippen LogP contribution in [0.25, 0.3) is 22.3 Å². The van der Waals surface area contributed by atoms with Gasteiger partial charge in [0.05, 0.1) is 0 Å². The molecule has 3 rings (SSSR count). The Bertz CT molecular complexity index is 818. The maximum absolute atomic E-state index is 14.3. The summed E-state index contributed by atoms with van der Waals surface area (Å²) in [6.45, 7) is 3.78. The lowest BCUT2D eigenvalue weighted by Crippen LogP contribution is -1.93. The van der Waals surface area contributed by atoms with E-state index >= 15 is 0 Å². The molecule has 0 unspecified atom stereocenters. The second-order valence-corrected chi connectivity index (χ2v) is 5.52.